The van der Waals surface area contributed by atoms with E-state index in [-0.39, 0.29) is 5.92 Å². The van der Waals surface area contributed by atoms with Crippen LogP contribution in [0.5, 0.6) is 0 Å². The lowest BCUT2D eigenvalue weighted by molar-refractivity contribution is -0.140. The number of rotatable bonds is 7. The number of carbonyl (C=O) groups is 1. The number of aryl methyl sites for hydroxylation is 1. The molecule has 0 bridgehead atoms. The van der Waals surface area contributed by atoms with Gasteiger partial charge in [0, 0.05) is 51.2 Å². The van der Waals surface area contributed by atoms with Crippen molar-refractivity contribution in [2.45, 2.75) is 45.7 Å². The van der Waals surface area contributed by atoms with Crippen LogP contribution in [0.15, 0.2) is 48.8 Å². The molecule has 0 unspecified atom stereocenters. The Morgan fingerprint density at radius 1 is 1.10 bits per heavy atom. The number of nitrogens with zero attached hydrogens (tertiary/aromatic N) is 3. The summed E-state index contributed by atoms with van der Waals surface area (Å²) < 4.78 is 5.48. The van der Waals surface area contributed by atoms with Crippen molar-refractivity contribution in [3.8, 4) is 0 Å². The monoisotopic (exact) mass is 421 g/mol. The number of likely N-dealkylation sites (tertiary alicyclic amines) is 1. The summed E-state index contributed by atoms with van der Waals surface area (Å²) in [5.74, 6) is 0.967. The zero-order valence-corrected chi connectivity index (χ0v) is 18.7. The zero-order valence-electron chi connectivity index (χ0n) is 18.7. The number of carbonyl (C=O) groups excluding carboxylic acids is 1. The molecular formula is C26H35N3O2. The molecule has 0 atom stereocenters. The average molecular weight is 422 g/mol. The average Bonchev–Trinajstić information content (AvgIpc) is 2.82. The first-order chi connectivity index (χ1) is 15.2. The standard InChI is InChI=1S/C26H35N3O2/c1-21-5-2-3-7-25(21)20-28-13-8-22(9-14-28)18-29(19-23-6-4-12-27-17-23)26(30)24-10-15-31-16-11-24/h2-7,12,17,22,24H,8-11,13-16,18-20H2,1H3. The first kappa shape index (κ1) is 22.0. The van der Waals surface area contributed by atoms with E-state index in [2.05, 4.69) is 52.0 Å². The van der Waals surface area contributed by atoms with Crippen LogP contribution in [0.3, 0.4) is 0 Å². The van der Waals surface area contributed by atoms with E-state index in [1.54, 1.807) is 6.20 Å². The smallest absolute Gasteiger partial charge is 0.226 e. The van der Waals surface area contributed by atoms with Gasteiger partial charge in [-0.05, 0) is 74.4 Å². The van der Waals surface area contributed by atoms with Crippen molar-refractivity contribution in [2.75, 3.05) is 32.8 Å². The van der Waals surface area contributed by atoms with Crippen LogP contribution < -0.4 is 0 Å². The first-order valence-electron chi connectivity index (χ1n) is 11.7. The summed E-state index contributed by atoms with van der Waals surface area (Å²) in [7, 11) is 0. The quantitative estimate of drug-likeness (QED) is 0.676. The Bertz CT molecular complexity index is 828. The van der Waals surface area contributed by atoms with Gasteiger partial charge in [0.15, 0.2) is 0 Å². The molecule has 2 aliphatic heterocycles. The van der Waals surface area contributed by atoms with Gasteiger partial charge in [0.2, 0.25) is 5.91 Å². The van der Waals surface area contributed by atoms with Gasteiger partial charge >= 0.3 is 0 Å². The van der Waals surface area contributed by atoms with Gasteiger partial charge in [-0.1, -0.05) is 30.3 Å². The van der Waals surface area contributed by atoms with Crippen molar-refractivity contribution in [3.05, 3.63) is 65.5 Å². The highest BCUT2D eigenvalue weighted by atomic mass is 16.5. The summed E-state index contributed by atoms with van der Waals surface area (Å²) in [4.78, 5) is 22.3. The van der Waals surface area contributed by atoms with E-state index in [4.69, 9.17) is 4.74 Å². The van der Waals surface area contributed by atoms with Crippen molar-refractivity contribution in [1.82, 2.24) is 14.8 Å². The number of ether oxygens (including phenoxy) is 1. The Labute approximate surface area is 186 Å². The van der Waals surface area contributed by atoms with Crippen LogP contribution >= 0.6 is 0 Å². The van der Waals surface area contributed by atoms with Gasteiger partial charge in [0.25, 0.3) is 0 Å². The first-order valence-corrected chi connectivity index (χ1v) is 11.7. The Balaban J connectivity index is 1.35. The second-order valence-electron chi connectivity index (χ2n) is 9.11. The summed E-state index contributed by atoms with van der Waals surface area (Å²) in [5, 5.41) is 0. The van der Waals surface area contributed by atoms with Crippen LogP contribution in [0.1, 0.15) is 42.4 Å². The van der Waals surface area contributed by atoms with Gasteiger partial charge < -0.3 is 9.64 Å². The molecule has 2 aliphatic rings. The second-order valence-corrected chi connectivity index (χ2v) is 9.11. The van der Waals surface area contributed by atoms with Crippen molar-refractivity contribution < 1.29 is 9.53 Å². The van der Waals surface area contributed by atoms with Gasteiger partial charge in [-0.15, -0.1) is 0 Å². The molecule has 1 aromatic carbocycles. The van der Waals surface area contributed by atoms with Crippen molar-refractivity contribution in [1.29, 1.82) is 0 Å². The fourth-order valence-corrected chi connectivity index (χ4v) is 4.81. The number of amides is 1. The number of pyridine rings is 1. The van der Waals surface area contributed by atoms with Gasteiger partial charge in [-0.2, -0.15) is 0 Å². The lowest BCUT2D eigenvalue weighted by atomic mass is 9.93. The minimum atomic E-state index is 0.103. The van der Waals surface area contributed by atoms with Crippen LogP contribution in [0.4, 0.5) is 0 Å². The van der Waals surface area contributed by atoms with Crippen LogP contribution in [0.2, 0.25) is 0 Å². The van der Waals surface area contributed by atoms with Gasteiger partial charge in [0.05, 0.1) is 0 Å². The van der Waals surface area contributed by atoms with E-state index in [1.165, 1.54) is 11.1 Å². The van der Waals surface area contributed by atoms with Crippen molar-refractivity contribution in [2.24, 2.45) is 11.8 Å². The fraction of sp³-hybridized carbons (Fsp3) is 0.538. The summed E-state index contributed by atoms with van der Waals surface area (Å²) in [6, 6.07) is 12.7. The molecule has 0 radical (unpaired) electrons. The van der Waals surface area contributed by atoms with E-state index < -0.39 is 0 Å². The molecule has 0 spiro atoms. The van der Waals surface area contributed by atoms with E-state index in [0.717, 1.165) is 57.4 Å². The minimum Gasteiger partial charge on any atom is -0.381 e. The topological polar surface area (TPSA) is 45.7 Å². The van der Waals surface area contributed by atoms with Crippen LogP contribution in [-0.2, 0) is 22.6 Å². The molecule has 166 valence electrons. The number of hydrogen-bond donors (Lipinski definition) is 0. The predicted molar refractivity (Wildman–Crippen MR) is 122 cm³/mol. The van der Waals surface area contributed by atoms with Gasteiger partial charge in [0.1, 0.15) is 0 Å². The van der Waals surface area contributed by atoms with Crippen LogP contribution in [0, 0.1) is 18.8 Å². The third-order valence-corrected chi connectivity index (χ3v) is 6.82. The molecule has 3 heterocycles. The highest BCUT2D eigenvalue weighted by Crippen LogP contribution is 2.25. The molecule has 2 aromatic rings. The van der Waals surface area contributed by atoms with Crippen LogP contribution in [-0.4, -0.2) is 53.5 Å². The molecule has 31 heavy (non-hydrogen) atoms. The number of benzene rings is 1. The molecule has 4 rings (SSSR count). The number of piperidine rings is 1. The van der Waals surface area contributed by atoms with Gasteiger partial charge in [-0.25, -0.2) is 0 Å². The molecule has 1 amide bonds. The Hall–Kier alpha value is -2.24. The maximum absolute atomic E-state index is 13.4. The van der Waals surface area contributed by atoms with Gasteiger partial charge in [-0.3, -0.25) is 14.7 Å². The molecule has 2 saturated heterocycles. The summed E-state index contributed by atoms with van der Waals surface area (Å²) in [6.07, 6.45) is 7.66. The van der Waals surface area contributed by atoms with Crippen LogP contribution in [0.25, 0.3) is 0 Å². The third kappa shape index (κ3) is 6.14. The highest BCUT2D eigenvalue weighted by molar-refractivity contribution is 5.79. The Morgan fingerprint density at radius 2 is 1.87 bits per heavy atom. The molecule has 0 saturated carbocycles. The lowest BCUT2D eigenvalue weighted by Gasteiger charge is -2.36. The molecule has 1 aromatic heterocycles. The maximum atomic E-state index is 13.4. The predicted octanol–water partition coefficient (Wildman–Crippen LogP) is 4.06. The van der Waals surface area contributed by atoms with Crippen molar-refractivity contribution in [3.63, 3.8) is 0 Å². The Morgan fingerprint density at radius 3 is 2.58 bits per heavy atom. The Kier molecular flexibility index (Phi) is 7.71. The van der Waals surface area contributed by atoms with E-state index in [0.29, 0.717) is 31.6 Å². The molecule has 0 aliphatic carbocycles. The maximum Gasteiger partial charge on any atom is 0.226 e. The van der Waals surface area contributed by atoms with E-state index >= 15 is 0 Å². The lowest BCUT2D eigenvalue weighted by Crippen LogP contribution is -2.43. The molecular weight excluding hydrogens is 386 g/mol. The molecule has 0 N–H and O–H groups in total. The van der Waals surface area contributed by atoms with E-state index in [1.807, 2.05) is 12.3 Å². The number of hydrogen-bond acceptors (Lipinski definition) is 4. The summed E-state index contributed by atoms with van der Waals surface area (Å²) >= 11 is 0. The van der Waals surface area contributed by atoms with E-state index in [9.17, 15) is 4.79 Å². The minimum absolute atomic E-state index is 0.103. The van der Waals surface area contributed by atoms with Crippen molar-refractivity contribution >= 4 is 5.91 Å². The third-order valence-electron chi connectivity index (χ3n) is 6.82. The normalized spacial score (nSPS) is 18.7. The largest absolute Gasteiger partial charge is 0.381 e. The summed E-state index contributed by atoms with van der Waals surface area (Å²) in [6.45, 7) is 8.34. The second kappa shape index (κ2) is 10.9. The fourth-order valence-electron chi connectivity index (χ4n) is 4.81. The highest BCUT2D eigenvalue weighted by Gasteiger charge is 2.29. The molecule has 2 fully saturated rings. The zero-order chi connectivity index (χ0) is 21.5. The SMILES string of the molecule is Cc1ccccc1CN1CCC(CN(Cc2cccnc2)C(=O)C2CCOCC2)CC1. The molecule has 5 heteroatoms. The number of aromatic nitrogens is 1. The molecule has 5 nitrogen and oxygen atoms in total. The summed E-state index contributed by atoms with van der Waals surface area (Å²) in [5.41, 5.74) is 3.91.